The number of thiophene rings is 1. The van der Waals surface area contributed by atoms with Crippen molar-refractivity contribution in [2.75, 3.05) is 32.0 Å². The summed E-state index contributed by atoms with van der Waals surface area (Å²) < 4.78 is 11.5. The van der Waals surface area contributed by atoms with Crippen molar-refractivity contribution in [2.45, 2.75) is 37.3 Å². The number of nitrogens with zero attached hydrogens (tertiary/aromatic N) is 3. The van der Waals surface area contributed by atoms with E-state index in [0.717, 1.165) is 56.0 Å². The molecule has 5 rings (SSSR count). The second-order valence-corrected chi connectivity index (χ2v) is 8.51. The van der Waals surface area contributed by atoms with Gasteiger partial charge in [0.05, 0.1) is 41.8 Å². The molecular formula is C19H22N4O3S. The average molecular weight is 386 g/mol. The van der Waals surface area contributed by atoms with E-state index in [1.54, 1.807) is 23.7 Å². The van der Waals surface area contributed by atoms with Crippen LogP contribution in [0.3, 0.4) is 0 Å². The normalized spacial score (nSPS) is 24.7. The summed E-state index contributed by atoms with van der Waals surface area (Å²) >= 11 is 1.78. The highest BCUT2D eigenvalue weighted by Crippen LogP contribution is 2.46. The van der Waals surface area contributed by atoms with Crippen LogP contribution in [0.2, 0.25) is 0 Å². The van der Waals surface area contributed by atoms with Gasteiger partial charge in [0.15, 0.2) is 0 Å². The lowest BCUT2D eigenvalue weighted by atomic mass is 9.81. The molecule has 2 aromatic rings. The van der Waals surface area contributed by atoms with Crippen molar-refractivity contribution in [2.24, 2.45) is 0 Å². The van der Waals surface area contributed by atoms with Crippen molar-refractivity contribution in [3.63, 3.8) is 0 Å². The maximum Gasteiger partial charge on any atom is 0.323 e. The molecule has 1 spiro atoms. The molecule has 2 saturated heterocycles. The Morgan fingerprint density at radius 3 is 2.78 bits per heavy atom. The smallest absolute Gasteiger partial charge is 0.323 e. The third-order valence-corrected chi connectivity index (χ3v) is 7.10. The lowest BCUT2D eigenvalue weighted by Crippen LogP contribution is -2.50. The van der Waals surface area contributed by atoms with Gasteiger partial charge in [-0.3, -0.25) is 9.69 Å². The molecule has 1 unspecified atom stereocenters. The molecule has 3 aliphatic heterocycles. The molecule has 0 amide bonds. The molecule has 8 heteroatoms. The number of carbonyl (C=O) groups excluding carboxylic acids is 1. The molecule has 2 N–H and O–H groups in total. The van der Waals surface area contributed by atoms with Gasteiger partial charge in [0.1, 0.15) is 11.9 Å². The summed E-state index contributed by atoms with van der Waals surface area (Å²) in [4.78, 5) is 25.2. The van der Waals surface area contributed by atoms with Crippen molar-refractivity contribution in [3.05, 3.63) is 28.9 Å². The summed E-state index contributed by atoms with van der Waals surface area (Å²) in [6, 6.07) is 2.15. The fourth-order valence-corrected chi connectivity index (χ4v) is 5.63. The number of nitrogens with two attached hydrogens (primary N) is 1. The molecule has 3 aliphatic rings. The third-order valence-electron chi connectivity index (χ3n) is 5.89. The van der Waals surface area contributed by atoms with Gasteiger partial charge in [-0.15, -0.1) is 11.3 Å². The van der Waals surface area contributed by atoms with Gasteiger partial charge in [0.25, 0.3) is 0 Å². The molecule has 0 saturated carbocycles. The van der Waals surface area contributed by atoms with Crippen LogP contribution in [0.25, 0.3) is 10.6 Å². The summed E-state index contributed by atoms with van der Waals surface area (Å²) in [5, 5.41) is 0. The fraction of sp³-hybridized carbons (Fsp3) is 0.526. The minimum absolute atomic E-state index is 0.0732. The number of hydrogen-bond acceptors (Lipinski definition) is 8. The first-order valence-electron chi connectivity index (χ1n) is 9.40. The first-order valence-corrected chi connectivity index (χ1v) is 10.2. The van der Waals surface area contributed by atoms with Gasteiger partial charge in [-0.2, -0.15) is 0 Å². The number of piperidine rings is 1. The molecule has 0 aliphatic carbocycles. The van der Waals surface area contributed by atoms with E-state index in [0.29, 0.717) is 12.4 Å². The molecule has 27 heavy (non-hydrogen) atoms. The van der Waals surface area contributed by atoms with E-state index in [1.165, 1.54) is 10.4 Å². The fourth-order valence-electron chi connectivity index (χ4n) is 4.44. The van der Waals surface area contributed by atoms with Gasteiger partial charge >= 0.3 is 5.97 Å². The molecule has 1 atom stereocenters. The molecular weight excluding hydrogens is 364 g/mol. The van der Waals surface area contributed by atoms with E-state index in [9.17, 15) is 4.79 Å². The molecule has 7 nitrogen and oxygen atoms in total. The van der Waals surface area contributed by atoms with Crippen LogP contribution in [0.15, 0.2) is 18.5 Å². The molecule has 0 bridgehead atoms. The highest BCUT2D eigenvalue weighted by Gasteiger charge is 2.44. The number of nitrogen functional groups attached to an aromatic ring is 1. The van der Waals surface area contributed by atoms with E-state index >= 15 is 0 Å². The highest BCUT2D eigenvalue weighted by molar-refractivity contribution is 7.15. The van der Waals surface area contributed by atoms with Crippen molar-refractivity contribution in [3.8, 4) is 10.6 Å². The Morgan fingerprint density at radius 2 is 2.07 bits per heavy atom. The van der Waals surface area contributed by atoms with Crippen LogP contribution in [0.1, 0.15) is 29.7 Å². The number of aromatic nitrogens is 2. The van der Waals surface area contributed by atoms with Gasteiger partial charge in [-0.05, 0) is 24.5 Å². The van der Waals surface area contributed by atoms with Crippen molar-refractivity contribution in [1.82, 2.24) is 14.9 Å². The zero-order chi connectivity index (χ0) is 18.4. The zero-order valence-electron chi connectivity index (χ0n) is 15.0. The van der Waals surface area contributed by atoms with Gasteiger partial charge in [0.2, 0.25) is 0 Å². The minimum Gasteiger partial charge on any atom is -0.464 e. The first-order chi connectivity index (χ1) is 13.1. The predicted molar refractivity (Wildman–Crippen MR) is 101 cm³/mol. The molecule has 0 radical (unpaired) electrons. The number of esters is 1. The van der Waals surface area contributed by atoms with Crippen LogP contribution in [0, 0.1) is 0 Å². The largest absolute Gasteiger partial charge is 0.464 e. The van der Waals surface area contributed by atoms with Crippen LogP contribution in [-0.2, 0) is 26.3 Å². The summed E-state index contributed by atoms with van der Waals surface area (Å²) in [5.41, 5.74) is 7.56. The van der Waals surface area contributed by atoms with E-state index in [4.69, 9.17) is 15.2 Å². The van der Waals surface area contributed by atoms with Crippen molar-refractivity contribution >= 4 is 23.1 Å². The number of ether oxygens (including phenoxy) is 2. The van der Waals surface area contributed by atoms with Gasteiger partial charge < -0.3 is 15.2 Å². The average Bonchev–Trinajstić information content (AvgIpc) is 3.30. The quantitative estimate of drug-likeness (QED) is 0.789. The number of hydrogen-bond donors (Lipinski definition) is 1. The Hall–Kier alpha value is -2.03. The molecule has 2 fully saturated rings. The van der Waals surface area contributed by atoms with Crippen LogP contribution in [0.5, 0.6) is 0 Å². The van der Waals surface area contributed by atoms with Crippen LogP contribution in [-0.4, -0.2) is 53.2 Å². The standard InChI is InChI=1S/C19H22N4O3S/c20-17-11-21-13(10-22-17)16-9-12-15(27-16)2-8-26-19(12)3-5-23(6-4-19)14-1-7-25-18(14)24/h9-11,14H,1-8H2,(H2,20,22). The lowest BCUT2D eigenvalue weighted by molar-refractivity contribution is -0.145. The monoisotopic (exact) mass is 386 g/mol. The van der Waals surface area contributed by atoms with Crippen molar-refractivity contribution < 1.29 is 14.3 Å². The topological polar surface area (TPSA) is 90.6 Å². The van der Waals surface area contributed by atoms with E-state index in [1.807, 2.05) is 0 Å². The van der Waals surface area contributed by atoms with Gasteiger partial charge in [-0.1, -0.05) is 0 Å². The molecule has 2 aromatic heterocycles. The number of likely N-dealkylation sites (tertiary alicyclic amines) is 1. The van der Waals surface area contributed by atoms with Crippen molar-refractivity contribution in [1.29, 1.82) is 0 Å². The van der Waals surface area contributed by atoms with Crippen LogP contribution >= 0.6 is 11.3 Å². The molecule has 0 aromatic carbocycles. The highest BCUT2D eigenvalue weighted by atomic mass is 32.1. The number of fused-ring (bicyclic) bond motifs is 2. The van der Waals surface area contributed by atoms with Crippen LogP contribution < -0.4 is 5.73 Å². The second kappa shape index (κ2) is 6.54. The SMILES string of the molecule is Nc1cnc(-c2cc3c(s2)CCOC32CCN(C3CCOC3=O)CC2)cn1. The summed E-state index contributed by atoms with van der Waals surface area (Å²) in [6.45, 7) is 2.99. The second-order valence-electron chi connectivity index (χ2n) is 7.37. The summed E-state index contributed by atoms with van der Waals surface area (Å²) in [7, 11) is 0. The minimum atomic E-state index is -0.247. The Bertz CT molecular complexity index is 858. The number of anilines is 1. The van der Waals surface area contributed by atoms with Gasteiger partial charge in [0, 0.05) is 30.8 Å². The molecule has 5 heterocycles. The first kappa shape index (κ1) is 17.1. The Kier molecular flexibility index (Phi) is 4.14. The summed E-state index contributed by atoms with van der Waals surface area (Å²) in [5.74, 6) is 0.355. The lowest BCUT2D eigenvalue weighted by Gasteiger charge is -2.44. The predicted octanol–water partition coefficient (Wildman–Crippen LogP) is 1.97. The van der Waals surface area contributed by atoms with Gasteiger partial charge in [-0.25, -0.2) is 9.97 Å². The zero-order valence-corrected chi connectivity index (χ0v) is 15.8. The van der Waals surface area contributed by atoms with Crippen LogP contribution in [0.4, 0.5) is 5.82 Å². The maximum absolute atomic E-state index is 11.9. The van der Waals surface area contributed by atoms with E-state index in [-0.39, 0.29) is 17.6 Å². The molecule has 142 valence electrons. The Morgan fingerprint density at radius 1 is 1.22 bits per heavy atom. The Labute approximate surface area is 161 Å². The Balaban J connectivity index is 1.40. The number of carbonyl (C=O) groups is 1. The third kappa shape index (κ3) is 2.92. The maximum atomic E-state index is 11.9. The van der Waals surface area contributed by atoms with E-state index in [2.05, 4.69) is 20.9 Å². The summed E-state index contributed by atoms with van der Waals surface area (Å²) in [6.07, 6.45) is 6.86. The number of rotatable bonds is 2. The van der Waals surface area contributed by atoms with E-state index < -0.39 is 0 Å². The number of cyclic esters (lactones) is 1.